The standard InChI is InChI=1S/C12H14N4/c13-11-3-1-2-10-8-15-12(16(10)11)9-4-6-14-7-5-9/h4-8,11H,1-3,13H2. The average Bonchev–Trinajstić information content (AvgIpc) is 2.75. The zero-order valence-corrected chi connectivity index (χ0v) is 9.00. The highest BCUT2D eigenvalue weighted by atomic mass is 15.2. The van der Waals surface area contributed by atoms with Gasteiger partial charge in [0.15, 0.2) is 0 Å². The highest BCUT2D eigenvalue weighted by Gasteiger charge is 2.20. The second-order valence-electron chi connectivity index (χ2n) is 4.14. The molecule has 0 spiro atoms. The highest BCUT2D eigenvalue weighted by molar-refractivity contribution is 5.55. The number of pyridine rings is 1. The fourth-order valence-corrected chi connectivity index (χ4v) is 2.29. The van der Waals surface area contributed by atoms with E-state index in [-0.39, 0.29) is 6.17 Å². The van der Waals surface area contributed by atoms with Crippen molar-refractivity contribution in [2.75, 3.05) is 0 Å². The first-order valence-electron chi connectivity index (χ1n) is 5.58. The van der Waals surface area contributed by atoms with Crippen LogP contribution in [0.5, 0.6) is 0 Å². The number of fused-ring (bicyclic) bond motifs is 1. The first-order chi connectivity index (χ1) is 7.86. The number of aromatic nitrogens is 3. The average molecular weight is 214 g/mol. The van der Waals surface area contributed by atoms with Gasteiger partial charge in [-0.15, -0.1) is 0 Å². The Morgan fingerprint density at radius 3 is 2.94 bits per heavy atom. The van der Waals surface area contributed by atoms with Crippen molar-refractivity contribution >= 4 is 0 Å². The number of nitrogens with two attached hydrogens (primary N) is 1. The van der Waals surface area contributed by atoms with Crippen LogP contribution >= 0.6 is 0 Å². The van der Waals surface area contributed by atoms with E-state index in [1.54, 1.807) is 12.4 Å². The van der Waals surface area contributed by atoms with Gasteiger partial charge >= 0.3 is 0 Å². The lowest BCUT2D eigenvalue weighted by atomic mass is 10.1. The van der Waals surface area contributed by atoms with Crippen LogP contribution in [0.2, 0.25) is 0 Å². The summed E-state index contributed by atoms with van der Waals surface area (Å²) in [6, 6.07) is 3.94. The number of imidazole rings is 1. The predicted octanol–water partition coefficient (Wildman–Crippen LogP) is 1.74. The van der Waals surface area contributed by atoms with Gasteiger partial charge < -0.3 is 10.3 Å². The molecule has 4 nitrogen and oxygen atoms in total. The molecule has 4 heteroatoms. The molecule has 1 atom stereocenters. The van der Waals surface area contributed by atoms with Crippen molar-refractivity contribution in [3.63, 3.8) is 0 Å². The van der Waals surface area contributed by atoms with Gasteiger partial charge in [-0.1, -0.05) is 0 Å². The monoisotopic (exact) mass is 214 g/mol. The number of aryl methyl sites for hydroxylation is 1. The van der Waals surface area contributed by atoms with Crippen LogP contribution in [0.3, 0.4) is 0 Å². The lowest BCUT2D eigenvalue weighted by Crippen LogP contribution is -2.25. The van der Waals surface area contributed by atoms with Crippen molar-refractivity contribution in [3.8, 4) is 11.4 Å². The molecule has 3 rings (SSSR count). The first-order valence-corrected chi connectivity index (χ1v) is 5.58. The third-order valence-corrected chi connectivity index (χ3v) is 3.08. The second-order valence-corrected chi connectivity index (χ2v) is 4.14. The molecule has 2 aromatic rings. The Morgan fingerprint density at radius 1 is 1.31 bits per heavy atom. The molecule has 0 aromatic carbocycles. The van der Waals surface area contributed by atoms with Gasteiger partial charge in [0, 0.05) is 29.8 Å². The van der Waals surface area contributed by atoms with Crippen molar-refractivity contribution in [2.45, 2.75) is 25.4 Å². The number of hydrogen-bond donors (Lipinski definition) is 1. The second kappa shape index (κ2) is 3.72. The molecule has 2 aromatic heterocycles. The number of nitrogens with zero attached hydrogens (tertiary/aromatic N) is 3. The molecule has 82 valence electrons. The van der Waals surface area contributed by atoms with Crippen molar-refractivity contribution in [3.05, 3.63) is 36.4 Å². The van der Waals surface area contributed by atoms with E-state index in [4.69, 9.17) is 5.73 Å². The van der Waals surface area contributed by atoms with Gasteiger partial charge in [0.1, 0.15) is 5.82 Å². The lowest BCUT2D eigenvalue weighted by molar-refractivity contribution is 0.418. The summed E-state index contributed by atoms with van der Waals surface area (Å²) in [5, 5.41) is 0. The van der Waals surface area contributed by atoms with Crippen LogP contribution in [-0.4, -0.2) is 14.5 Å². The summed E-state index contributed by atoms with van der Waals surface area (Å²) < 4.78 is 2.15. The van der Waals surface area contributed by atoms with Gasteiger partial charge in [-0.3, -0.25) is 4.98 Å². The summed E-state index contributed by atoms with van der Waals surface area (Å²) in [5.41, 5.74) is 8.46. The molecule has 16 heavy (non-hydrogen) atoms. The van der Waals surface area contributed by atoms with E-state index >= 15 is 0 Å². The van der Waals surface area contributed by atoms with Crippen LogP contribution in [0.4, 0.5) is 0 Å². The molecule has 0 aliphatic carbocycles. The molecule has 3 heterocycles. The van der Waals surface area contributed by atoms with E-state index < -0.39 is 0 Å². The molecule has 0 fully saturated rings. The van der Waals surface area contributed by atoms with E-state index in [2.05, 4.69) is 14.5 Å². The van der Waals surface area contributed by atoms with Gasteiger partial charge in [-0.25, -0.2) is 4.98 Å². The van der Waals surface area contributed by atoms with Crippen LogP contribution in [0.1, 0.15) is 24.7 Å². The van der Waals surface area contributed by atoms with Crippen LogP contribution in [0, 0.1) is 0 Å². The quantitative estimate of drug-likeness (QED) is 0.786. The van der Waals surface area contributed by atoms with Crippen molar-refractivity contribution in [1.29, 1.82) is 0 Å². The smallest absolute Gasteiger partial charge is 0.141 e. The Labute approximate surface area is 94.1 Å². The van der Waals surface area contributed by atoms with Crippen molar-refractivity contribution in [2.24, 2.45) is 5.73 Å². The Kier molecular flexibility index (Phi) is 2.22. The molecule has 1 aliphatic heterocycles. The third kappa shape index (κ3) is 1.42. The Bertz CT molecular complexity index is 489. The van der Waals surface area contributed by atoms with Crippen molar-refractivity contribution in [1.82, 2.24) is 14.5 Å². The van der Waals surface area contributed by atoms with Gasteiger partial charge in [-0.2, -0.15) is 0 Å². The Morgan fingerprint density at radius 2 is 2.12 bits per heavy atom. The zero-order valence-electron chi connectivity index (χ0n) is 9.00. The highest BCUT2D eigenvalue weighted by Crippen LogP contribution is 2.28. The fourth-order valence-electron chi connectivity index (χ4n) is 2.29. The lowest BCUT2D eigenvalue weighted by Gasteiger charge is -2.23. The normalized spacial score (nSPS) is 19.4. The molecule has 2 N–H and O–H groups in total. The Hall–Kier alpha value is -1.68. The molecular weight excluding hydrogens is 200 g/mol. The third-order valence-electron chi connectivity index (χ3n) is 3.08. The molecule has 1 aliphatic rings. The summed E-state index contributed by atoms with van der Waals surface area (Å²) >= 11 is 0. The molecule has 0 saturated carbocycles. The SMILES string of the molecule is NC1CCCc2cnc(-c3ccncc3)n21. The summed E-state index contributed by atoms with van der Waals surface area (Å²) in [4.78, 5) is 8.49. The van der Waals surface area contributed by atoms with Gasteiger partial charge in [-0.05, 0) is 31.4 Å². The molecule has 0 radical (unpaired) electrons. The predicted molar refractivity (Wildman–Crippen MR) is 61.6 cm³/mol. The van der Waals surface area contributed by atoms with Gasteiger partial charge in [0.25, 0.3) is 0 Å². The topological polar surface area (TPSA) is 56.7 Å². The Balaban J connectivity index is 2.13. The molecule has 1 unspecified atom stereocenters. The van der Waals surface area contributed by atoms with E-state index in [1.165, 1.54) is 5.69 Å². The van der Waals surface area contributed by atoms with Gasteiger partial charge in [0.2, 0.25) is 0 Å². The van der Waals surface area contributed by atoms with Crippen LogP contribution in [0.15, 0.2) is 30.7 Å². The summed E-state index contributed by atoms with van der Waals surface area (Å²) in [6.07, 6.45) is 8.83. The maximum Gasteiger partial charge on any atom is 0.141 e. The fraction of sp³-hybridized carbons (Fsp3) is 0.333. The van der Waals surface area contributed by atoms with E-state index in [1.807, 2.05) is 18.3 Å². The molecule has 0 amide bonds. The van der Waals surface area contributed by atoms with Crippen molar-refractivity contribution < 1.29 is 0 Å². The first kappa shape index (κ1) is 9.54. The maximum atomic E-state index is 6.14. The largest absolute Gasteiger partial charge is 0.312 e. The van der Waals surface area contributed by atoms with Crippen LogP contribution in [0.25, 0.3) is 11.4 Å². The molecule has 0 saturated heterocycles. The molecule has 0 bridgehead atoms. The minimum atomic E-state index is 0.0643. The summed E-state index contributed by atoms with van der Waals surface area (Å²) in [7, 11) is 0. The van der Waals surface area contributed by atoms with Gasteiger partial charge in [0.05, 0.1) is 6.17 Å². The van der Waals surface area contributed by atoms with Crippen LogP contribution < -0.4 is 5.73 Å². The van der Waals surface area contributed by atoms with Crippen LogP contribution in [-0.2, 0) is 6.42 Å². The zero-order chi connectivity index (χ0) is 11.0. The number of hydrogen-bond acceptors (Lipinski definition) is 3. The van der Waals surface area contributed by atoms with E-state index in [0.717, 1.165) is 30.7 Å². The van der Waals surface area contributed by atoms with E-state index in [9.17, 15) is 0 Å². The summed E-state index contributed by atoms with van der Waals surface area (Å²) in [5.74, 6) is 0.963. The maximum absolute atomic E-state index is 6.14. The van der Waals surface area contributed by atoms with E-state index in [0.29, 0.717) is 0 Å². The minimum absolute atomic E-state index is 0.0643. The minimum Gasteiger partial charge on any atom is -0.312 e. The number of rotatable bonds is 1. The summed E-state index contributed by atoms with van der Waals surface area (Å²) in [6.45, 7) is 0. The molecular formula is C12H14N4.